The van der Waals surface area contributed by atoms with Gasteiger partial charge in [0.1, 0.15) is 0 Å². The van der Waals surface area contributed by atoms with Gasteiger partial charge in [-0.05, 0) is 41.4 Å². The Bertz CT molecular complexity index is 536. The van der Waals surface area contributed by atoms with Gasteiger partial charge in [0, 0.05) is 23.2 Å². The molecule has 20 heavy (non-hydrogen) atoms. The molecule has 0 saturated carbocycles. The number of nitrogens with one attached hydrogen (secondary N) is 1. The Hall–Kier alpha value is -1.47. The smallest absolute Gasteiger partial charge is 0.271 e. The molecule has 1 N–H and O–H groups in total. The molecule has 6 nitrogen and oxygen atoms in total. The van der Waals surface area contributed by atoms with Gasteiger partial charge in [0.2, 0.25) is 5.91 Å². The van der Waals surface area contributed by atoms with Gasteiger partial charge in [-0.15, -0.1) is 0 Å². The Morgan fingerprint density at radius 3 is 2.95 bits per heavy atom. The zero-order chi connectivity index (χ0) is 14.7. The third-order valence-electron chi connectivity index (χ3n) is 3.28. The highest BCUT2D eigenvalue weighted by Gasteiger charge is 2.33. The van der Waals surface area contributed by atoms with E-state index < -0.39 is 4.92 Å². The summed E-state index contributed by atoms with van der Waals surface area (Å²) in [5.41, 5.74) is 0.547. The first-order chi connectivity index (χ1) is 9.54. The van der Waals surface area contributed by atoms with Crippen molar-refractivity contribution in [1.29, 1.82) is 0 Å². The number of hydrogen-bond donors (Lipinski definition) is 1. The van der Waals surface area contributed by atoms with Crippen LogP contribution >= 0.6 is 15.9 Å². The molecule has 0 bridgehead atoms. The van der Waals surface area contributed by atoms with Crippen molar-refractivity contribution in [3.8, 4) is 0 Å². The van der Waals surface area contributed by atoms with Crippen LogP contribution in [0.1, 0.15) is 19.8 Å². The van der Waals surface area contributed by atoms with E-state index in [4.69, 9.17) is 0 Å². The first kappa shape index (κ1) is 14.9. The van der Waals surface area contributed by atoms with E-state index in [1.165, 1.54) is 12.1 Å². The Kier molecular flexibility index (Phi) is 4.72. The summed E-state index contributed by atoms with van der Waals surface area (Å²) in [4.78, 5) is 24.3. The molecular formula is C13H16BrN3O3. The van der Waals surface area contributed by atoms with Crippen molar-refractivity contribution in [3.63, 3.8) is 0 Å². The van der Waals surface area contributed by atoms with Gasteiger partial charge in [-0.2, -0.15) is 0 Å². The number of hydrogen-bond acceptors (Lipinski definition) is 4. The fourth-order valence-corrected chi connectivity index (χ4v) is 2.71. The number of nitro benzene ring substituents is 1. The summed E-state index contributed by atoms with van der Waals surface area (Å²) in [5.74, 6) is -0.0281. The molecule has 0 aromatic heterocycles. The van der Waals surface area contributed by atoms with E-state index in [0.717, 1.165) is 13.0 Å². The predicted octanol–water partition coefficient (Wildman–Crippen LogP) is 2.46. The van der Waals surface area contributed by atoms with Crippen molar-refractivity contribution < 1.29 is 9.72 Å². The minimum Gasteiger partial charge on any atom is -0.310 e. The molecular weight excluding hydrogens is 326 g/mol. The second-order valence-electron chi connectivity index (χ2n) is 4.68. The fraction of sp³-hybridized carbons (Fsp3) is 0.462. The summed E-state index contributed by atoms with van der Waals surface area (Å²) in [6, 6.07) is 4.26. The van der Waals surface area contributed by atoms with E-state index in [-0.39, 0.29) is 17.6 Å². The van der Waals surface area contributed by atoms with E-state index in [0.29, 0.717) is 23.1 Å². The topological polar surface area (TPSA) is 75.5 Å². The molecule has 1 atom stereocenters. The Labute approximate surface area is 125 Å². The number of amides is 1. The van der Waals surface area contributed by atoms with E-state index in [1.807, 2.05) is 6.92 Å². The summed E-state index contributed by atoms with van der Waals surface area (Å²) in [7, 11) is 0. The number of non-ortho nitro benzene ring substituents is 1. The maximum absolute atomic E-state index is 12.3. The highest BCUT2D eigenvalue weighted by molar-refractivity contribution is 9.10. The number of nitrogens with zero attached hydrogens (tertiary/aromatic N) is 2. The molecule has 0 aliphatic carbocycles. The van der Waals surface area contributed by atoms with Gasteiger partial charge in [-0.25, -0.2) is 0 Å². The fourth-order valence-electron chi connectivity index (χ4n) is 2.25. The van der Waals surface area contributed by atoms with Gasteiger partial charge >= 0.3 is 0 Å². The van der Waals surface area contributed by atoms with E-state index in [9.17, 15) is 14.9 Å². The van der Waals surface area contributed by atoms with Crippen molar-refractivity contribution in [2.75, 3.05) is 18.0 Å². The average Bonchev–Trinajstić information content (AvgIpc) is 2.78. The summed E-state index contributed by atoms with van der Waals surface area (Å²) in [5, 5.41) is 14.0. The van der Waals surface area contributed by atoms with Crippen molar-refractivity contribution in [3.05, 3.63) is 32.8 Å². The Morgan fingerprint density at radius 1 is 1.55 bits per heavy atom. The quantitative estimate of drug-likeness (QED) is 0.659. The maximum atomic E-state index is 12.3. The zero-order valence-corrected chi connectivity index (χ0v) is 12.7. The third-order valence-corrected chi connectivity index (χ3v) is 3.95. The van der Waals surface area contributed by atoms with Crippen LogP contribution in [0.5, 0.6) is 0 Å². The summed E-state index contributed by atoms with van der Waals surface area (Å²) < 4.78 is 0.688. The average molecular weight is 342 g/mol. The van der Waals surface area contributed by atoms with Crippen molar-refractivity contribution in [2.24, 2.45) is 0 Å². The molecule has 1 heterocycles. The largest absolute Gasteiger partial charge is 0.310 e. The lowest BCUT2D eigenvalue weighted by molar-refractivity contribution is -0.384. The van der Waals surface area contributed by atoms with Gasteiger partial charge in [0.15, 0.2) is 0 Å². The van der Waals surface area contributed by atoms with Crippen LogP contribution in [-0.2, 0) is 4.79 Å². The zero-order valence-electron chi connectivity index (χ0n) is 11.1. The van der Waals surface area contributed by atoms with E-state index >= 15 is 0 Å². The highest BCUT2D eigenvalue weighted by Crippen LogP contribution is 2.33. The van der Waals surface area contributed by atoms with E-state index in [1.54, 1.807) is 11.0 Å². The van der Waals surface area contributed by atoms with Crippen LogP contribution in [0, 0.1) is 10.1 Å². The highest BCUT2D eigenvalue weighted by atomic mass is 79.9. The van der Waals surface area contributed by atoms with Crippen LogP contribution in [0.25, 0.3) is 0 Å². The molecule has 7 heteroatoms. The SMILES string of the molecule is CCCNC1CCN(c2cc([N+](=O)[O-])ccc2Br)C1=O. The second-order valence-corrected chi connectivity index (χ2v) is 5.53. The van der Waals surface area contributed by atoms with Crippen molar-refractivity contribution in [2.45, 2.75) is 25.8 Å². The van der Waals surface area contributed by atoms with Gasteiger partial charge in [-0.1, -0.05) is 6.92 Å². The lowest BCUT2D eigenvalue weighted by Gasteiger charge is -2.18. The number of rotatable bonds is 5. The van der Waals surface area contributed by atoms with Crippen molar-refractivity contribution >= 4 is 33.2 Å². The molecule has 0 spiro atoms. The molecule has 1 unspecified atom stereocenters. The standard InChI is InChI=1S/C13H16BrN3O3/c1-2-6-15-11-5-7-16(13(11)18)12-8-9(17(19)20)3-4-10(12)14/h3-4,8,11,15H,2,5-7H2,1H3. The number of benzene rings is 1. The first-order valence-corrected chi connectivity index (χ1v) is 7.32. The number of carbonyl (C=O) groups is 1. The molecule has 1 aromatic rings. The minimum atomic E-state index is -0.455. The minimum absolute atomic E-state index is 0.0130. The molecule has 2 rings (SSSR count). The normalized spacial score (nSPS) is 18.6. The molecule has 1 saturated heterocycles. The second kappa shape index (κ2) is 6.32. The Balaban J connectivity index is 2.22. The van der Waals surface area contributed by atoms with Gasteiger partial charge in [-0.3, -0.25) is 14.9 Å². The van der Waals surface area contributed by atoms with Gasteiger partial charge < -0.3 is 10.2 Å². The molecule has 108 valence electrons. The summed E-state index contributed by atoms with van der Waals surface area (Å²) in [6.45, 7) is 3.40. The molecule has 1 amide bonds. The molecule has 1 aromatic carbocycles. The predicted molar refractivity (Wildman–Crippen MR) is 79.8 cm³/mol. The van der Waals surface area contributed by atoms with Crippen LogP contribution in [-0.4, -0.2) is 30.0 Å². The van der Waals surface area contributed by atoms with Crippen LogP contribution in [0.3, 0.4) is 0 Å². The summed E-state index contributed by atoms with van der Waals surface area (Å²) >= 11 is 3.35. The first-order valence-electron chi connectivity index (χ1n) is 6.53. The molecule has 1 aliphatic rings. The lowest BCUT2D eigenvalue weighted by Crippen LogP contribution is -2.38. The summed E-state index contributed by atoms with van der Waals surface area (Å²) in [6.07, 6.45) is 1.68. The van der Waals surface area contributed by atoms with Crippen LogP contribution in [0.4, 0.5) is 11.4 Å². The monoisotopic (exact) mass is 341 g/mol. The lowest BCUT2D eigenvalue weighted by atomic mass is 10.2. The van der Waals surface area contributed by atoms with Crippen LogP contribution in [0.2, 0.25) is 0 Å². The Morgan fingerprint density at radius 2 is 2.30 bits per heavy atom. The number of nitro groups is 1. The molecule has 1 aliphatic heterocycles. The maximum Gasteiger partial charge on any atom is 0.271 e. The third kappa shape index (κ3) is 2.99. The van der Waals surface area contributed by atoms with E-state index in [2.05, 4.69) is 21.2 Å². The van der Waals surface area contributed by atoms with Gasteiger partial charge in [0.05, 0.1) is 16.7 Å². The van der Waals surface area contributed by atoms with Crippen LogP contribution in [0.15, 0.2) is 22.7 Å². The molecule has 1 fully saturated rings. The number of anilines is 1. The number of carbonyl (C=O) groups excluding carboxylic acids is 1. The number of halogens is 1. The van der Waals surface area contributed by atoms with Gasteiger partial charge in [0.25, 0.3) is 5.69 Å². The van der Waals surface area contributed by atoms with Crippen molar-refractivity contribution in [1.82, 2.24) is 5.32 Å². The molecule has 0 radical (unpaired) electrons. The van der Waals surface area contributed by atoms with Crippen LogP contribution < -0.4 is 10.2 Å².